The lowest BCUT2D eigenvalue weighted by atomic mass is 9.85. The molecule has 0 saturated carbocycles. The number of fused-ring (bicyclic) bond motifs is 1. The maximum Gasteiger partial charge on any atom is 0.273 e. The number of nitrogens with zero attached hydrogens (tertiary/aromatic N) is 2. The highest BCUT2D eigenvalue weighted by Gasteiger charge is 2.42. The van der Waals surface area contributed by atoms with Crippen molar-refractivity contribution in [3.05, 3.63) is 69.4 Å². The first-order valence-electron chi connectivity index (χ1n) is 11.1. The van der Waals surface area contributed by atoms with Crippen molar-refractivity contribution in [1.82, 2.24) is 15.1 Å². The molecule has 0 saturated heterocycles. The van der Waals surface area contributed by atoms with E-state index in [2.05, 4.69) is 55.2 Å². The number of carbonyl (C=O) groups excluding carboxylic acids is 1. The number of phenols is 1. The predicted octanol–water partition coefficient (Wildman–Crippen LogP) is 5.62. The topological polar surface area (TPSA) is 78.5 Å². The molecule has 33 heavy (non-hydrogen) atoms. The molecule has 0 radical (unpaired) electrons. The summed E-state index contributed by atoms with van der Waals surface area (Å²) < 4.78 is 5.22. The van der Waals surface area contributed by atoms with E-state index in [9.17, 15) is 9.90 Å². The molecule has 1 aliphatic heterocycles. The number of aryl methyl sites for hydroxylation is 1. The SMILES string of the molecule is COCCCN1C(=O)c2[nH]nc(-c3cc(Cl)c(C)cc3O)c2C1c1ccc(C(C)(C)C)cc1. The van der Waals surface area contributed by atoms with Crippen molar-refractivity contribution in [2.45, 2.75) is 45.6 Å². The van der Waals surface area contributed by atoms with Crippen LogP contribution in [0.15, 0.2) is 36.4 Å². The van der Waals surface area contributed by atoms with Crippen LogP contribution in [0, 0.1) is 6.92 Å². The van der Waals surface area contributed by atoms with Crippen molar-refractivity contribution < 1.29 is 14.6 Å². The highest BCUT2D eigenvalue weighted by molar-refractivity contribution is 6.31. The Hall–Kier alpha value is -2.83. The minimum atomic E-state index is -0.327. The van der Waals surface area contributed by atoms with E-state index in [1.54, 1.807) is 19.2 Å². The number of H-pyrrole nitrogens is 1. The molecule has 0 bridgehead atoms. The van der Waals surface area contributed by atoms with E-state index in [0.717, 1.165) is 16.7 Å². The summed E-state index contributed by atoms with van der Waals surface area (Å²) in [7, 11) is 1.66. The Kier molecular flexibility index (Phi) is 6.25. The summed E-state index contributed by atoms with van der Waals surface area (Å²) in [5.74, 6) is -0.0271. The van der Waals surface area contributed by atoms with Crippen LogP contribution < -0.4 is 0 Å². The smallest absolute Gasteiger partial charge is 0.273 e. The molecule has 7 heteroatoms. The number of phenolic OH excluding ortho intramolecular Hbond substituents is 1. The number of ether oxygens (including phenoxy) is 1. The molecule has 6 nitrogen and oxygen atoms in total. The van der Waals surface area contributed by atoms with Gasteiger partial charge in [-0.2, -0.15) is 5.10 Å². The first-order valence-corrected chi connectivity index (χ1v) is 11.5. The minimum absolute atomic E-state index is 0.0264. The van der Waals surface area contributed by atoms with E-state index < -0.39 is 0 Å². The van der Waals surface area contributed by atoms with Gasteiger partial charge in [0.05, 0.1) is 6.04 Å². The number of hydrogen-bond acceptors (Lipinski definition) is 4. The fraction of sp³-hybridized carbons (Fsp3) is 0.385. The zero-order valence-electron chi connectivity index (χ0n) is 19.7. The molecule has 1 unspecified atom stereocenters. The van der Waals surface area contributed by atoms with E-state index in [1.165, 1.54) is 5.56 Å². The molecular weight excluding hydrogens is 438 g/mol. The fourth-order valence-corrected chi connectivity index (χ4v) is 4.54. The largest absolute Gasteiger partial charge is 0.507 e. The maximum atomic E-state index is 13.4. The van der Waals surface area contributed by atoms with Crippen molar-refractivity contribution in [2.75, 3.05) is 20.3 Å². The van der Waals surface area contributed by atoms with Crippen LogP contribution in [0.3, 0.4) is 0 Å². The summed E-state index contributed by atoms with van der Waals surface area (Å²) in [5.41, 5.74) is 5.27. The van der Waals surface area contributed by atoms with Crippen molar-refractivity contribution in [1.29, 1.82) is 0 Å². The summed E-state index contributed by atoms with van der Waals surface area (Å²) in [4.78, 5) is 15.2. The molecule has 0 spiro atoms. The van der Waals surface area contributed by atoms with E-state index in [1.807, 2.05) is 11.8 Å². The first kappa shape index (κ1) is 23.3. The Morgan fingerprint density at radius 2 is 1.91 bits per heavy atom. The quantitative estimate of drug-likeness (QED) is 0.461. The van der Waals surface area contributed by atoms with Gasteiger partial charge in [0, 0.05) is 36.4 Å². The van der Waals surface area contributed by atoms with Crippen LogP contribution in [0.4, 0.5) is 0 Å². The lowest BCUT2D eigenvalue weighted by molar-refractivity contribution is 0.0723. The number of nitrogens with one attached hydrogen (secondary N) is 1. The highest BCUT2D eigenvalue weighted by atomic mass is 35.5. The molecule has 0 aliphatic carbocycles. The van der Waals surface area contributed by atoms with Gasteiger partial charge in [0.1, 0.15) is 17.1 Å². The number of aromatic nitrogens is 2. The second-order valence-corrected chi connectivity index (χ2v) is 10.0. The predicted molar refractivity (Wildman–Crippen MR) is 130 cm³/mol. The molecule has 3 aromatic rings. The second kappa shape index (κ2) is 8.84. The molecule has 1 amide bonds. The Morgan fingerprint density at radius 1 is 1.21 bits per heavy atom. The summed E-state index contributed by atoms with van der Waals surface area (Å²) in [6.45, 7) is 9.46. The number of hydrogen-bond donors (Lipinski definition) is 2. The lowest BCUT2D eigenvalue weighted by Crippen LogP contribution is -2.31. The van der Waals surface area contributed by atoms with Gasteiger partial charge in [-0.25, -0.2) is 0 Å². The molecule has 1 atom stereocenters. The number of carbonyl (C=O) groups is 1. The summed E-state index contributed by atoms with van der Waals surface area (Å²) >= 11 is 6.37. The normalized spacial score (nSPS) is 15.9. The number of halogens is 1. The standard InChI is InChI=1S/C26H30ClN3O3/c1-15-13-20(31)18(14-19(15)27)22-21-23(29-28-22)25(32)30(11-6-12-33-5)24(21)16-7-9-17(10-8-16)26(2,3)4/h7-10,13-14,24,31H,6,11-12H2,1-5H3,(H,28,29). The third-order valence-electron chi connectivity index (χ3n) is 6.24. The van der Waals surface area contributed by atoms with E-state index in [4.69, 9.17) is 16.3 Å². The second-order valence-electron chi connectivity index (χ2n) is 9.60. The Balaban J connectivity index is 1.84. The fourth-order valence-electron chi connectivity index (χ4n) is 4.38. The molecular formula is C26H30ClN3O3. The monoisotopic (exact) mass is 467 g/mol. The van der Waals surface area contributed by atoms with Crippen LogP contribution in [-0.4, -0.2) is 46.4 Å². The van der Waals surface area contributed by atoms with Gasteiger partial charge in [-0.15, -0.1) is 0 Å². The molecule has 2 heterocycles. The molecule has 0 fully saturated rings. The average Bonchev–Trinajstić information content (AvgIpc) is 3.30. The third-order valence-corrected chi connectivity index (χ3v) is 6.64. The first-order chi connectivity index (χ1) is 15.6. The number of rotatable bonds is 6. The number of amides is 1. The molecule has 174 valence electrons. The molecule has 2 N–H and O–H groups in total. The third kappa shape index (κ3) is 4.25. The van der Waals surface area contributed by atoms with Gasteiger partial charge in [-0.05, 0) is 47.6 Å². The van der Waals surface area contributed by atoms with Gasteiger partial charge >= 0.3 is 0 Å². The van der Waals surface area contributed by atoms with Crippen molar-refractivity contribution in [3.8, 4) is 17.0 Å². The molecule has 4 rings (SSSR count). The van der Waals surface area contributed by atoms with Crippen LogP contribution in [0.2, 0.25) is 5.02 Å². The molecule has 1 aliphatic rings. The van der Waals surface area contributed by atoms with Crippen molar-refractivity contribution in [2.24, 2.45) is 0 Å². The van der Waals surface area contributed by atoms with Gasteiger partial charge in [0.25, 0.3) is 5.91 Å². The average molecular weight is 468 g/mol. The zero-order chi connectivity index (χ0) is 23.9. The van der Waals surface area contributed by atoms with E-state index in [-0.39, 0.29) is 23.1 Å². The van der Waals surface area contributed by atoms with E-state index >= 15 is 0 Å². The molecule has 1 aromatic heterocycles. The van der Waals surface area contributed by atoms with Crippen molar-refractivity contribution >= 4 is 17.5 Å². The van der Waals surface area contributed by atoms with Crippen LogP contribution in [0.1, 0.15) is 66.0 Å². The van der Waals surface area contributed by atoms with Crippen LogP contribution >= 0.6 is 11.6 Å². The molecule has 2 aromatic carbocycles. The highest BCUT2D eigenvalue weighted by Crippen LogP contribution is 2.45. The number of benzene rings is 2. The Morgan fingerprint density at radius 3 is 2.55 bits per heavy atom. The van der Waals surface area contributed by atoms with Crippen LogP contribution in [0.25, 0.3) is 11.3 Å². The van der Waals surface area contributed by atoms with Gasteiger partial charge in [0.2, 0.25) is 0 Å². The zero-order valence-corrected chi connectivity index (χ0v) is 20.5. The summed E-state index contributed by atoms with van der Waals surface area (Å²) in [5, 5.41) is 18.6. The summed E-state index contributed by atoms with van der Waals surface area (Å²) in [6.07, 6.45) is 0.716. The van der Waals surface area contributed by atoms with Crippen LogP contribution in [-0.2, 0) is 10.2 Å². The Labute approximate surface area is 199 Å². The summed E-state index contributed by atoms with van der Waals surface area (Å²) in [6, 6.07) is 11.4. The van der Waals surface area contributed by atoms with Gasteiger partial charge in [0.15, 0.2) is 0 Å². The lowest BCUT2D eigenvalue weighted by Gasteiger charge is -2.27. The van der Waals surface area contributed by atoms with Gasteiger partial charge in [-0.1, -0.05) is 56.6 Å². The van der Waals surface area contributed by atoms with E-state index in [0.29, 0.717) is 41.5 Å². The Bertz CT molecular complexity index is 1180. The maximum absolute atomic E-state index is 13.4. The van der Waals surface area contributed by atoms with Gasteiger partial charge in [-0.3, -0.25) is 9.89 Å². The number of methoxy groups -OCH3 is 1. The number of aromatic hydroxyl groups is 1. The van der Waals surface area contributed by atoms with Gasteiger partial charge < -0.3 is 14.7 Å². The minimum Gasteiger partial charge on any atom is -0.507 e. The van der Waals surface area contributed by atoms with Crippen molar-refractivity contribution in [3.63, 3.8) is 0 Å². The van der Waals surface area contributed by atoms with Crippen LogP contribution in [0.5, 0.6) is 5.75 Å². The number of aromatic amines is 1.